The lowest BCUT2D eigenvalue weighted by atomic mass is 10.0. The second-order valence-electron chi connectivity index (χ2n) is 5.00. The van der Waals surface area contributed by atoms with Crippen LogP contribution in [-0.4, -0.2) is 41.0 Å². The topological polar surface area (TPSA) is 69.6 Å². The summed E-state index contributed by atoms with van der Waals surface area (Å²) in [6, 6.07) is 3.27. The van der Waals surface area contributed by atoms with Gasteiger partial charge in [0.1, 0.15) is 11.9 Å². The summed E-state index contributed by atoms with van der Waals surface area (Å²) in [6.07, 6.45) is 2.27. The van der Waals surface area contributed by atoms with Crippen LogP contribution in [0.25, 0.3) is 0 Å². The zero-order valence-electron chi connectivity index (χ0n) is 11.7. The Bertz CT molecular complexity index is 557. The van der Waals surface area contributed by atoms with E-state index >= 15 is 0 Å². The molecule has 1 aromatic rings. The number of nitrogens with zero attached hydrogens (tertiary/aromatic N) is 1. The summed E-state index contributed by atoms with van der Waals surface area (Å²) in [7, 11) is 0. The Balaban J connectivity index is 0.00000242. The second-order valence-corrected chi connectivity index (χ2v) is 5.40. The maximum atomic E-state index is 13.0. The molecule has 122 valence electrons. The molecular weight excluding hydrogens is 334 g/mol. The number of hydrogen-bond acceptors (Lipinski definition) is 3. The number of halogens is 3. The molecule has 22 heavy (non-hydrogen) atoms. The molecule has 1 aliphatic heterocycles. The van der Waals surface area contributed by atoms with Crippen molar-refractivity contribution in [2.45, 2.75) is 25.3 Å². The SMILES string of the molecule is Cl.O=C(CN1CCCCC1C(=O)O)Nc1ccc(F)c(Cl)c1. The summed E-state index contributed by atoms with van der Waals surface area (Å²) < 4.78 is 13.0. The molecule has 0 aliphatic carbocycles. The van der Waals surface area contributed by atoms with E-state index < -0.39 is 17.8 Å². The Kier molecular flexibility index (Phi) is 7.06. The average Bonchev–Trinajstić information content (AvgIpc) is 2.43. The number of carbonyl (C=O) groups is 2. The first-order chi connectivity index (χ1) is 9.97. The van der Waals surface area contributed by atoms with E-state index in [0.29, 0.717) is 18.7 Å². The highest BCUT2D eigenvalue weighted by molar-refractivity contribution is 6.31. The number of anilines is 1. The van der Waals surface area contributed by atoms with Gasteiger partial charge in [0, 0.05) is 5.69 Å². The van der Waals surface area contributed by atoms with Gasteiger partial charge in [-0.15, -0.1) is 12.4 Å². The smallest absolute Gasteiger partial charge is 0.320 e. The minimum absolute atomic E-state index is 0. The van der Waals surface area contributed by atoms with Crippen LogP contribution < -0.4 is 5.32 Å². The van der Waals surface area contributed by atoms with E-state index in [1.165, 1.54) is 18.2 Å². The van der Waals surface area contributed by atoms with E-state index in [4.69, 9.17) is 16.7 Å². The number of nitrogens with one attached hydrogen (secondary N) is 1. The Morgan fingerprint density at radius 2 is 2.14 bits per heavy atom. The lowest BCUT2D eigenvalue weighted by Gasteiger charge is -2.32. The summed E-state index contributed by atoms with van der Waals surface area (Å²) in [5.74, 6) is -1.81. The fourth-order valence-electron chi connectivity index (χ4n) is 2.42. The first-order valence-electron chi connectivity index (χ1n) is 6.69. The molecule has 1 heterocycles. The Morgan fingerprint density at radius 3 is 2.77 bits per heavy atom. The Labute approximate surface area is 138 Å². The number of hydrogen-bond donors (Lipinski definition) is 2. The molecule has 2 rings (SSSR count). The summed E-state index contributed by atoms with van der Waals surface area (Å²) in [4.78, 5) is 24.8. The fourth-order valence-corrected chi connectivity index (χ4v) is 2.60. The summed E-state index contributed by atoms with van der Waals surface area (Å²) in [6.45, 7) is 0.570. The minimum Gasteiger partial charge on any atom is -0.480 e. The third-order valence-corrected chi connectivity index (χ3v) is 3.74. The van der Waals surface area contributed by atoms with Crippen molar-refractivity contribution < 1.29 is 19.1 Å². The molecule has 0 saturated carbocycles. The van der Waals surface area contributed by atoms with Crippen LogP contribution in [0, 0.1) is 5.82 Å². The van der Waals surface area contributed by atoms with Crippen molar-refractivity contribution in [2.75, 3.05) is 18.4 Å². The first-order valence-corrected chi connectivity index (χ1v) is 7.07. The third-order valence-electron chi connectivity index (χ3n) is 3.45. The number of amides is 1. The maximum absolute atomic E-state index is 13.0. The van der Waals surface area contributed by atoms with Crippen LogP contribution in [0.3, 0.4) is 0 Å². The highest BCUT2D eigenvalue weighted by Gasteiger charge is 2.29. The van der Waals surface area contributed by atoms with E-state index in [1.54, 1.807) is 4.90 Å². The lowest BCUT2D eigenvalue weighted by molar-refractivity contribution is -0.145. The molecule has 1 unspecified atom stereocenters. The maximum Gasteiger partial charge on any atom is 0.320 e. The lowest BCUT2D eigenvalue weighted by Crippen LogP contribution is -2.47. The van der Waals surface area contributed by atoms with Crippen molar-refractivity contribution >= 4 is 41.6 Å². The number of carboxylic acid groups (broad SMARTS) is 1. The van der Waals surface area contributed by atoms with Gasteiger partial charge < -0.3 is 10.4 Å². The van der Waals surface area contributed by atoms with Crippen LogP contribution in [0.1, 0.15) is 19.3 Å². The molecule has 0 aromatic heterocycles. The molecule has 1 saturated heterocycles. The monoisotopic (exact) mass is 350 g/mol. The summed E-state index contributed by atoms with van der Waals surface area (Å²) in [5.41, 5.74) is 0.385. The number of carboxylic acids is 1. The normalized spacial score (nSPS) is 18.4. The molecule has 8 heteroatoms. The van der Waals surface area contributed by atoms with Crippen LogP contribution in [0.4, 0.5) is 10.1 Å². The second kappa shape index (κ2) is 8.31. The quantitative estimate of drug-likeness (QED) is 0.875. The van der Waals surface area contributed by atoms with Gasteiger partial charge in [-0.3, -0.25) is 14.5 Å². The van der Waals surface area contributed by atoms with Crippen LogP contribution in [0.2, 0.25) is 5.02 Å². The van der Waals surface area contributed by atoms with Crippen molar-refractivity contribution in [1.82, 2.24) is 4.90 Å². The molecule has 1 fully saturated rings. The number of benzene rings is 1. The zero-order chi connectivity index (χ0) is 15.4. The first kappa shape index (κ1) is 18.7. The predicted octanol–water partition coefficient (Wildman–Crippen LogP) is 2.78. The van der Waals surface area contributed by atoms with Crippen LogP contribution in [0.5, 0.6) is 0 Å². The molecule has 0 radical (unpaired) electrons. The minimum atomic E-state index is -0.910. The van der Waals surface area contributed by atoms with Gasteiger partial charge in [-0.25, -0.2) is 4.39 Å². The molecule has 1 aliphatic rings. The molecule has 1 aromatic carbocycles. The molecule has 1 atom stereocenters. The fraction of sp³-hybridized carbons (Fsp3) is 0.429. The molecule has 1 amide bonds. The zero-order valence-corrected chi connectivity index (χ0v) is 13.3. The molecule has 2 N–H and O–H groups in total. The van der Waals surface area contributed by atoms with E-state index in [9.17, 15) is 14.0 Å². The largest absolute Gasteiger partial charge is 0.480 e. The van der Waals surface area contributed by atoms with Crippen LogP contribution >= 0.6 is 24.0 Å². The van der Waals surface area contributed by atoms with Gasteiger partial charge in [0.15, 0.2) is 0 Å². The van der Waals surface area contributed by atoms with Gasteiger partial charge in [0.25, 0.3) is 0 Å². The third kappa shape index (κ3) is 4.83. The van der Waals surface area contributed by atoms with E-state index in [-0.39, 0.29) is 29.9 Å². The molecular formula is C14H17Cl2FN2O3. The van der Waals surface area contributed by atoms with Gasteiger partial charge >= 0.3 is 5.97 Å². The van der Waals surface area contributed by atoms with Gasteiger partial charge in [0.2, 0.25) is 5.91 Å². The van der Waals surface area contributed by atoms with Gasteiger partial charge in [0.05, 0.1) is 11.6 Å². The van der Waals surface area contributed by atoms with E-state index in [0.717, 1.165) is 12.8 Å². The highest BCUT2D eigenvalue weighted by atomic mass is 35.5. The molecule has 0 spiro atoms. The predicted molar refractivity (Wildman–Crippen MR) is 84.1 cm³/mol. The molecule has 5 nitrogen and oxygen atoms in total. The van der Waals surface area contributed by atoms with Gasteiger partial charge in [-0.1, -0.05) is 18.0 Å². The Hall–Kier alpha value is -1.37. The van der Waals surface area contributed by atoms with Crippen LogP contribution in [0.15, 0.2) is 18.2 Å². The van der Waals surface area contributed by atoms with Gasteiger partial charge in [-0.2, -0.15) is 0 Å². The van der Waals surface area contributed by atoms with Crippen molar-refractivity contribution in [3.05, 3.63) is 29.0 Å². The van der Waals surface area contributed by atoms with Crippen molar-refractivity contribution in [3.8, 4) is 0 Å². The van der Waals surface area contributed by atoms with Crippen molar-refractivity contribution in [3.63, 3.8) is 0 Å². The average molecular weight is 351 g/mol. The van der Waals surface area contributed by atoms with Crippen molar-refractivity contribution in [2.24, 2.45) is 0 Å². The molecule has 0 bridgehead atoms. The Morgan fingerprint density at radius 1 is 1.41 bits per heavy atom. The number of piperidine rings is 1. The number of likely N-dealkylation sites (tertiary alicyclic amines) is 1. The van der Waals surface area contributed by atoms with Crippen LogP contribution in [-0.2, 0) is 9.59 Å². The van der Waals surface area contributed by atoms with Gasteiger partial charge in [-0.05, 0) is 37.6 Å². The van der Waals surface area contributed by atoms with E-state index in [2.05, 4.69) is 5.32 Å². The van der Waals surface area contributed by atoms with Crippen molar-refractivity contribution in [1.29, 1.82) is 0 Å². The highest BCUT2D eigenvalue weighted by Crippen LogP contribution is 2.20. The number of carbonyl (C=O) groups excluding carboxylic acids is 1. The number of rotatable bonds is 4. The summed E-state index contributed by atoms with van der Waals surface area (Å²) in [5, 5.41) is 11.7. The standard InChI is InChI=1S/C14H16ClFN2O3.ClH/c15-10-7-9(4-5-11(10)16)17-13(19)8-18-6-2-1-3-12(18)14(20)21;/h4-5,7,12H,1-3,6,8H2,(H,17,19)(H,20,21);1H. The number of aliphatic carboxylic acids is 1. The van der Waals surface area contributed by atoms with E-state index in [1.807, 2.05) is 0 Å². The summed E-state index contributed by atoms with van der Waals surface area (Å²) >= 11 is 5.64.